The molecule has 0 fully saturated rings. The number of hydrogen-bond acceptors (Lipinski definition) is 4. The van der Waals surface area contributed by atoms with Gasteiger partial charge in [0.1, 0.15) is 11.6 Å². The second kappa shape index (κ2) is 6.91. The summed E-state index contributed by atoms with van der Waals surface area (Å²) in [6.07, 6.45) is 1.53. The molecule has 0 unspecified atom stereocenters. The summed E-state index contributed by atoms with van der Waals surface area (Å²) in [5, 5.41) is 17.3. The van der Waals surface area contributed by atoms with E-state index in [0.29, 0.717) is 23.1 Å². The van der Waals surface area contributed by atoms with Crippen LogP contribution in [-0.2, 0) is 11.2 Å². The highest BCUT2D eigenvalue weighted by atomic mass is 35.5. The molecule has 112 valence electrons. The topological polar surface area (TPSA) is 68.0 Å². The Hall–Kier alpha value is -1.60. The van der Waals surface area contributed by atoms with Gasteiger partial charge in [-0.15, -0.1) is 10.2 Å². The molecule has 21 heavy (non-hydrogen) atoms. The molecular formula is C13H13ClFN3O2S. The molecule has 1 aromatic carbocycles. The number of hydrogen-bond donors (Lipinski definition) is 1. The molecular weight excluding hydrogens is 317 g/mol. The maximum absolute atomic E-state index is 13.3. The lowest BCUT2D eigenvalue weighted by Gasteiger charge is -2.10. The van der Waals surface area contributed by atoms with Crippen molar-refractivity contribution in [3.05, 3.63) is 34.9 Å². The highest BCUT2D eigenvalue weighted by Crippen LogP contribution is 2.25. The van der Waals surface area contributed by atoms with Crippen molar-refractivity contribution in [2.75, 3.05) is 5.75 Å². The van der Waals surface area contributed by atoms with E-state index in [-0.39, 0.29) is 10.8 Å². The summed E-state index contributed by atoms with van der Waals surface area (Å²) in [5.41, 5.74) is 0.614. The standard InChI is InChI=1S/C13H13ClFN3O2S/c1-2-3-11-16-17-13(21-7-12(19)20)18(11)8-4-5-10(15)9(14)6-8/h4-6H,2-3,7H2,1H3,(H,19,20). The summed E-state index contributed by atoms with van der Waals surface area (Å²) in [6, 6.07) is 4.30. The minimum absolute atomic E-state index is 0.00201. The molecule has 0 atom stereocenters. The number of benzene rings is 1. The van der Waals surface area contributed by atoms with E-state index in [1.165, 1.54) is 12.1 Å². The van der Waals surface area contributed by atoms with E-state index < -0.39 is 11.8 Å². The Labute approximate surface area is 130 Å². The Bertz CT molecular complexity index is 663. The van der Waals surface area contributed by atoms with Crippen molar-refractivity contribution >= 4 is 29.3 Å². The van der Waals surface area contributed by atoms with Crippen molar-refractivity contribution in [2.24, 2.45) is 0 Å². The van der Waals surface area contributed by atoms with Crippen LogP contribution in [0.3, 0.4) is 0 Å². The van der Waals surface area contributed by atoms with E-state index in [1.54, 1.807) is 10.6 Å². The molecule has 2 rings (SSSR count). The summed E-state index contributed by atoms with van der Waals surface area (Å²) < 4.78 is 15.0. The Morgan fingerprint density at radius 1 is 1.48 bits per heavy atom. The zero-order chi connectivity index (χ0) is 15.4. The second-order valence-electron chi connectivity index (χ2n) is 4.27. The van der Waals surface area contributed by atoms with Crippen molar-refractivity contribution in [3.63, 3.8) is 0 Å². The number of carboxylic acid groups (broad SMARTS) is 1. The van der Waals surface area contributed by atoms with Crippen molar-refractivity contribution in [2.45, 2.75) is 24.9 Å². The third-order valence-electron chi connectivity index (χ3n) is 2.66. The van der Waals surface area contributed by atoms with Gasteiger partial charge in [0.05, 0.1) is 16.5 Å². The molecule has 0 aliphatic heterocycles. The highest BCUT2D eigenvalue weighted by molar-refractivity contribution is 7.99. The first-order valence-corrected chi connectivity index (χ1v) is 7.63. The van der Waals surface area contributed by atoms with E-state index in [9.17, 15) is 9.18 Å². The molecule has 1 aromatic heterocycles. The Morgan fingerprint density at radius 2 is 2.24 bits per heavy atom. The molecule has 2 aromatic rings. The SMILES string of the molecule is CCCc1nnc(SCC(=O)O)n1-c1ccc(F)c(Cl)c1. The van der Waals surface area contributed by atoms with E-state index in [0.717, 1.165) is 18.2 Å². The molecule has 0 aliphatic rings. The van der Waals surface area contributed by atoms with Crippen molar-refractivity contribution in [3.8, 4) is 5.69 Å². The lowest BCUT2D eigenvalue weighted by Crippen LogP contribution is -2.05. The van der Waals surface area contributed by atoms with E-state index in [1.807, 2.05) is 6.92 Å². The summed E-state index contributed by atoms with van der Waals surface area (Å²) >= 11 is 6.87. The smallest absolute Gasteiger partial charge is 0.313 e. The molecule has 0 aliphatic carbocycles. The molecule has 5 nitrogen and oxygen atoms in total. The average Bonchev–Trinajstić information content (AvgIpc) is 2.83. The van der Waals surface area contributed by atoms with Crippen LogP contribution in [0.2, 0.25) is 5.02 Å². The first kappa shape index (κ1) is 15.8. The maximum atomic E-state index is 13.3. The van der Waals surface area contributed by atoms with Crippen LogP contribution in [-0.4, -0.2) is 31.6 Å². The molecule has 0 spiro atoms. The van der Waals surface area contributed by atoms with Gasteiger partial charge in [0.15, 0.2) is 5.16 Å². The zero-order valence-corrected chi connectivity index (χ0v) is 12.8. The largest absolute Gasteiger partial charge is 0.481 e. The zero-order valence-electron chi connectivity index (χ0n) is 11.2. The van der Waals surface area contributed by atoms with Crippen molar-refractivity contribution in [1.82, 2.24) is 14.8 Å². The number of carboxylic acids is 1. The predicted octanol–water partition coefficient (Wildman–Crippen LogP) is 3.19. The van der Waals surface area contributed by atoms with Crippen LogP contribution < -0.4 is 0 Å². The van der Waals surface area contributed by atoms with Gasteiger partial charge in [-0.2, -0.15) is 0 Å². The fourth-order valence-corrected chi connectivity index (χ4v) is 2.65. The summed E-state index contributed by atoms with van der Waals surface area (Å²) in [6.45, 7) is 2.00. The summed E-state index contributed by atoms with van der Waals surface area (Å²) in [5.74, 6) is -0.888. The molecule has 8 heteroatoms. The number of carbonyl (C=O) groups is 1. The van der Waals surface area contributed by atoms with Gasteiger partial charge in [-0.05, 0) is 24.6 Å². The van der Waals surface area contributed by atoms with Crippen LogP contribution in [0.25, 0.3) is 5.69 Å². The Balaban J connectivity index is 2.44. The first-order chi connectivity index (χ1) is 10.0. The molecule has 1 heterocycles. The van der Waals surface area contributed by atoms with Crippen LogP contribution in [0.1, 0.15) is 19.2 Å². The van der Waals surface area contributed by atoms with Gasteiger partial charge in [0, 0.05) is 6.42 Å². The molecule has 1 N–H and O–H groups in total. The summed E-state index contributed by atoms with van der Waals surface area (Å²) in [4.78, 5) is 10.7. The number of aliphatic carboxylic acids is 1. The number of rotatable bonds is 6. The minimum Gasteiger partial charge on any atom is -0.481 e. The van der Waals surface area contributed by atoms with Crippen molar-refractivity contribution < 1.29 is 14.3 Å². The van der Waals surface area contributed by atoms with Crippen LogP contribution in [0.4, 0.5) is 4.39 Å². The maximum Gasteiger partial charge on any atom is 0.313 e. The van der Waals surface area contributed by atoms with Crippen LogP contribution in [0.15, 0.2) is 23.4 Å². The number of halogens is 2. The van der Waals surface area contributed by atoms with Crippen molar-refractivity contribution in [1.29, 1.82) is 0 Å². The normalized spacial score (nSPS) is 10.8. The molecule has 0 amide bonds. The number of nitrogens with zero attached hydrogens (tertiary/aromatic N) is 3. The molecule has 0 saturated carbocycles. The van der Waals surface area contributed by atoms with Crippen LogP contribution in [0, 0.1) is 5.82 Å². The minimum atomic E-state index is -0.941. The Kier molecular flexibility index (Phi) is 5.19. The number of thioether (sulfide) groups is 1. The average molecular weight is 330 g/mol. The lowest BCUT2D eigenvalue weighted by atomic mass is 10.2. The molecule has 0 saturated heterocycles. The van der Waals surface area contributed by atoms with E-state index >= 15 is 0 Å². The quantitative estimate of drug-likeness (QED) is 0.824. The third kappa shape index (κ3) is 3.74. The highest BCUT2D eigenvalue weighted by Gasteiger charge is 2.16. The van der Waals surface area contributed by atoms with E-state index in [2.05, 4.69) is 10.2 Å². The molecule has 0 radical (unpaired) electrons. The van der Waals surface area contributed by atoms with Crippen LogP contribution >= 0.6 is 23.4 Å². The predicted molar refractivity (Wildman–Crippen MR) is 78.7 cm³/mol. The van der Waals surface area contributed by atoms with Gasteiger partial charge in [0.25, 0.3) is 0 Å². The number of aryl methyl sites for hydroxylation is 1. The van der Waals surface area contributed by atoms with Crippen LogP contribution in [0.5, 0.6) is 0 Å². The van der Waals surface area contributed by atoms with Gasteiger partial charge in [-0.1, -0.05) is 30.3 Å². The van der Waals surface area contributed by atoms with Gasteiger partial charge in [0.2, 0.25) is 0 Å². The Morgan fingerprint density at radius 3 is 2.86 bits per heavy atom. The fourth-order valence-electron chi connectivity index (χ4n) is 1.79. The first-order valence-electron chi connectivity index (χ1n) is 6.27. The fraction of sp³-hybridized carbons (Fsp3) is 0.308. The molecule has 0 bridgehead atoms. The van der Waals surface area contributed by atoms with Gasteiger partial charge >= 0.3 is 5.97 Å². The summed E-state index contributed by atoms with van der Waals surface area (Å²) in [7, 11) is 0. The second-order valence-corrected chi connectivity index (χ2v) is 5.61. The number of aromatic nitrogens is 3. The van der Waals surface area contributed by atoms with Gasteiger partial charge < -0.3 is 5.11 Å². The monoisotopic (exact) mass is 329 g/mol. The lowest BCUT2D eigenvalue weighted by molar-refractivity contribution is -0.133. The van der Waals surface area contributed by atoms with Gasteiger partial charge in [-0.3, -0.25) is 9.36 Å². The third-order valence-corrected chi connectivity index (χ3v) is 3.86. The van der Waals surface area contributed by atoms with Gasteiger partial charge in [-0.25, -0.2) is 4.39 Å². The van der Waals surface area contributed by atoms with E-state index in [4.69, 9.17) is 16.7 Å².